The van der Waals surface area contributed by atoms with Gasteiger partial charge < -0.3 is 14.9 Å². The minimum Gasteiger partial charge on any atom is -0.507 e. The molecule has 2 N–H and O–H groups in total. The van der Waals surface area contributed by atoms with Crippen LogP contribution in [0.2, 0.25) is 0 Å². The van der Waals surface area contributed by atoms with Crippen LogP contribution < -0.4 is 15.2 Å². The number of hydrogen-bond acceptors (Lipinski definition) is 8. The van der Waals surface area contributed by atoms with Gasteiger partial charge in [0, 0.05) is 35.3 Å². The summed E-state index contributed by atoms with van der Waals surface area (Å²) in [5.74, 6) is 2.03. The molecule has 2 aliphatic rings. The Labute approximate surface area is 171 Å². The van der Waals surface area contributed by atoms with E-state index in [1.54, 1.807) is 12.3 Å². The Hall–Kier alpha value is -2.17. The molecule has 1 aromatic carbocycles. The van der Waals surface area contributed by atoms with Gasteiger partial charge in [-0.2, -0.15) is 20.1 Å². The molecular formula is C18H22IN7O. The zero-order chi connectivity index (χ0) is 18.6. The van der Waals surface area contributed by atoms with Crippen molar-refractivity contribution in [1.82, 2.24) is 15.0 Å². The Morgan fingerprint density at radius 1 is 0.963 bits per heavy atom. The average Bonchev–Trinajstić information content (AvgIpc) is 3.38. The van der Waals surface area contributed by atoms with Crippen molar-refractivity contribution in [2.75, 3.05) is 41.4 Å². The predicted octanol–water partition coefficient (Wildman–Crippen LogP) is 2.83. The van der Waals surface area contributed by atoms with Crippen LogP contribution >= 0.6 is 22.6 Å². The summed E-state index contributed by atoms with van der Waals surface area (Å²) in [6.45, 7) is 3.90. The lowest BCUT2D eigenvalue weighted by Crippen LogP contribution is -2.25. The second kappa shape index (κ2) is 8.24. The second-order valence-electron chi connectivity index (χ2n) is 6.72. The van der Waals surface area contributed by atoms with Crippen molar-refractivity contribution in [1.29, 1.82) is 0 Å². The third-order valence-electron chi connectivity index (χ3n) is 4.75. The number of hydrazone groups is 1. The normalized spacial score (nSPS) is 17.2. The van der Waals surface area contributed by atoms with Crippen LogP contribution in [0.4, 0.5) is 17.8 Å². The van der Waals surface area contributed by atoms with E-state index in [-0.39, 0.29) is 5.75 Å². The lowest BCUT2D eigenvalue weighted by atomic mass is 10.2. The van der Waals surface area contributed by atoms with Crippen LogP contribution in [0.25, 0.3) is 0 Å². The Balaban J connectivity index is 1.56. The molecule has 0 aliphatic carbocycles. The van der Waals surface area contributed by atoms with E-state index in [4.69, 9.17) is 0 Å². The van der Waals surface area contributed by atoms with Gasteiger partial charge in [0.2, 0.25) is 17.8 Å². The second-order valence-corrected chi connectivity index (χ2v) is 7.97. The topological polar surface area (TPSA) is 89.8 Å². The summed E-state index contributed by atoms with van der Waals surface area (Å²) in [5, 5.41) is 14.2. The molecule has 0 bridgehead atoms. The number of rotatable bonds is 5. The van der Waals surface area contributed by atoms with Crippen molar-refractivity contribution in [3.05, 3.63) is 27.3 Å². The van der Waals surface area contributed by atoms with Gasteiger partial charge in [0.1, 0.15) is 5.75 Å². The van der Waals surface area contributed by atoms with E-state index >= 15 is 0 Å². The first-order chi connectivity index (χ1) is 13.2. The first kappa shape index (κ1) is 18.2. The van der Waals surface area contributed by atoms with Gasteiger partial charge >= 0.3 is 0 Å². The van der Waals surface area contributed by atoms with E-state index in [1.807, 2.05) is 12.1 Å². The van der Waals surface area contributed by atoms with E-state index in [0.29, 0.717) is 23.4 Å². The molecule has 9 heteroatoms. The van der Waals surface area contributed by atoms with Gasteiger partial charge in [0.25, 0.3) is 0 Å². The number of hydrogen-bond donors (Lipinski definition) is 2. The fourth-order valence-electron chi connectivity index (χ4n) is 3.31. The lowest BCUT2D eigenvalue weighted by molar-refractivity contribution is 0.474. The molecule has 0 radical (unpaired) electrons. The number of phenols is 1. The van der Waals surface area contributed by atoms with E-state index in [0.717, 1.165) is 55.4 Å². The van der Waals surface area contributed by atoms with Crippen molar-refractivity contribution >= 4 is 46.7 Å². The van der Waals surface area contributed by atoms with Crippen LogP contribution in [0.1, 0.15) is 31.2 Å². The van der Waals surface area contributed by atoms with Crippen LogP contribution in [-0.4, -0.2) is 52.5 Å². The summed E-state index contributed by atoms with van der Waals surface area (Å²) >= 11 is 2.20. The third-order valence-corrected chi connectivity index (χ3v) is 5.42. The molecule has 2 fully saturated rings. The van der Waals surface area contributed by atoms with Gasteiger partial charge in [-0.1, -0.05) is 0 Å². The highest BCUT2D eigenvalue weighted by Gasteiger charge is 2.21. The quantitative estimate of drug-likeness (QED) is 0.387. The van der Waals surface area contributed by atoms with E-state index < -0.39 is 0 Å². The molecule has 0 amide bonds. The van der Waals surface area contributed by atoms with Crippen molar-refractivity contribution < 1.29 is 5.11 Å². The first-order valence-electron chi connectivity index (χ1n) is 9.22. The standard InChI is InChI=1S/C18H22IN7O/c19-14-5-6-15(27)13(11-14)12-20-24-16-21-17(25-7-1-2-8-25)23-18(22-16)26-9-3-4-10-26/h5-6,11-12,27H,1-4,7-10H2,(H,21,22,23,24)/b20-12+. The number of nitrogens with zero attached hydrogens (tertiary/aromatic N) is 6. The highest BCUT2D eigenvalue weighted by molar-refractivity contribution is 14.1. The van der Waals surface area contributed by atoms with Crippen molar-refractivity contribution in [2.24, 2.45) is 5.10 Å². The summed E-state index contributed by atoms with van der Waals surface area (Å²) in [5.41, 5.74) is 3.55. The number of anilines is 3. The average molecular weight is 479 g/mol. The van der Waals surface area contributed by atoms with Crippen LogP contribution in [0.15, 0.2) is 23.3 Å². The molecule has 2 saturated heterocycles. The maximum atomic E-state index is 9.93. The zero-order valence-corrected chi connectivity index (χ0v) is 17.1. The maximum absolute atomic E-state index is 9.93. The summed E-state index contributed by atoms with van der Waals surface area (Å²) in [6, 6.07) is 5.36. The Morgan fingerprint density at radius 3 is 2.15 bits per heavy atom. The highest BCUT2D eigenvalue weighted by Crippen LogP contribution is 2.23. The summed E-state index contributed by atoms with van der Waals surface area (Å²) in [7, 11) is 0. The largest absolute Gasteiger partial charge is 0.507 e. The Bertz CT molecular complexity index is 798. The Kier molecular flexibility index (Phi) is 5.55. The van der Waals surface area contributed by atoms with Crippen LogP contribution in [-0.2, 0) is 0 Å². The first-order valence-corrected chi connectivity index (χ1v) is 10.3. The molecule has 2 aromatic rings. The molecule has 0 atom stereocenters. The molecule has 2 aliphatic heterocycles. The molecule has 8 nitrogen and oxygen atoms in total. The van der Waals surface area contributed by atoms with Gasteiger partial charge in [0.15, 0.2) is 0 Å². The smallest absolute Gasteiger partial charge is 0.250 e. The van der Waals surface area contributed by atoms with Crippen molar-refractivity contribution in [2.45, 2.75) is 25.7 Å². The van der Waals surface area contributed by atoms with Crippen LogP contribution in [0, 0.1) is 3.57 Å². The number of nitrogens with one attached hydrogen (secondary N) is 1. The van der Waals surface area contributed by atoms with Crippen molar-refractivity contribution in [3.8, 4) is 5.75 Å². The fraction of sp³-hybridized carbons (Fsp3) is 0.444. The van der Waals surface area contributed by atoms with Gasteiger partial charge in [-0.25, -0.2) is 5.43 Å². The van der Waals surface area contributed by atoms with Gasteiger partial charge in [-0.15, -0.1) is 0 Å². The van der Waals surface area contributed by atoms with E-state index in [2.05, 4.69) is 57.9 Å². The molecule has 0 saturated carbocycles. The summed E-state index contributed by atoms with van der Waals surface area (Å²) in [6.07, 6.45) is 6.23. The monoisotopic (exact) mass is 479 g/mol. The summed E-state index contributed by atoms with van der Waals surface area (Å²) in [4.78, 5) is 18.2. The molecule has 0 spiro atoms. The van der Waals surface area contributed by atoms with Crippen molar-refractivity contribution in [3.63, 3.8) is 0 Å². The summed E-state index contributed by atoms with van der Waals surface area (Å²) < 4.78 is 1.03. The Morgan fingerprint density at radius 2 is 1.56 bits per heavy atom. The minimum atomic E-state index is 0.187. The minimum absolute atomic E-state index is 0.187. The maximum Gasteiger partial charge on any atom is 0.250 e. The van der Waals surface area contributed by atoms with Crippen LogP contribution in [0.5, 0.6) is 5.75 Å². The van der Waals surface area contributed by atoms with Gasteiger partial charge in [-0.3, -0.25) is 0 Å². The van der Waals surface area contributed by atoms with E-state index in [9.17, 15) is 5.11 Å². The predicted molar refractivity (Wildman–Crippen MR) is 115 cm³/mol. The number of benzene rings is 1. The number of halogens is 1. The number of aromatic hydroxyl groups is 1. The lowest BCUT2D eigenvalue weighted by Gasteiger charge is -2.20. The zero-order valence-electron chi connectivity index (χ0n) is 15.0. The number of phenolic OH excluding ortho intramolecular Hbond substituents is 1. The molecule has 0 unspecified atom stereocenters. The SMILES string of the molecule is Oc1ccc(I)cc1/C=N/Nc1nc(N2CCCC2)nc(N2CCCC2)n1. The molecule has 4 rings (SSSR count). The molecule has 3 heterocycles. The molecule has 27 heavy (non-hydrogen) atoms. The molecule has 1 aromatic heterocycles. The molecular weight excluding hydrogens is 457 g/mol. The molecule has 142 valence electrons. The third kappa shape index (κ3) is 4.40. The number of aromatic nitrogens is 3. The highest BCUT2D eigenvalue weighted by atomic mass is 127. The van der Waals surface area contributed by atoms with Gasteiger partial charge in [0.05, 0.1) is 6.21 Å². The van der Waals surface area contributed by atoms with Crippen LogP contribution in [0.3, 0.4) is 0 Å². The fourth-order valence-corrected chi connectivity index (χ4v) is 3.82. The van der Waals surface area contributed by atoms with E-state index in [1.165, 1.54) is 0 Å². The van der Waals surface area contributed by atoms with Gasteiger partial charge in [-0.05, 0) is 66.5 Å².